The maximum absolute atomic E-state index is 11.8. The van der Waals surface area contributed by atoms with Gasteiger partial charge in [-0.3, -0.25) is 4.79 Å². The van der Waals surface area contributed by atoms with E-state index in [1.54, 1.807) is 0 Å². The highest BCUT2D eigenvalue weighted by molar-refractivity contribution is 8.00. The summed E-state index contributed by atoms with van der Waals surface area (Å²) in [7, 11) is 1.38. The first kappa shape index (κ1) is 16.9. The van der Waals surface area contributed by atoms with Gasteiger partial charge in [-0.1, -0.05) is 6.92 Å². The van der Waals surface area contributed by atoms with Crippen molar-refractivity contribution in [1.82, 2.24) is 10.2 Å². The Labute approximate surface area is 107 Å². The molecule has 0 aliphatic rings. The number of nitrogens with one attached hydrogen (secondary N) is 1. The average molecular weight is 288 g/mol. The molecule has 0 aliphatic carbocycles. The van der Waals surface area contributed by atoms with Crippen molar-refractivity contribution in [2.24, 2.45) is 5.92 Å². The third-order valence-electron chi connectivity index (χ3n) is 1.96. The van der Waals surface area contributed by atoms with Gasteiger partial charge in [0.1, 0.15) is 0 Å². The lowest BCUT2D eigenvalue weighted by Crippen LogP contribution is -2.41. The molecule has 0 saturated carbocycles. The molecule has 0 aliphatic heterocycles. The topological polar surface area (TPSA) is 69.6 Å². The monoisotopic (exact) mass is 288 g/mol. The minimum Gasteiger partial charge on any atom is -0.481 e. The number of carboxylic acid groups (broad SMARTS) is 1. The van der Waals surface area contributed by atoms with E-state index in [0.717, 1.165) is 4.90 Å². The Morgan fingerprint density at radius 3 is 2.44 bits per heavy atom. The maximum Gasteiger partial charge on any atom is 0.441 e. The summed E-state index contributed by atoms with van der Waals surface area (Å²) in [6.45, 7) is 1.30. The summed E-state index contributed by atoms with van der Waals surface area (Å²) in [5, 5.41) is 10.9. The lowest BCUT2D eigenvalue weighted by molar-refractivity contribution is -0.141. The summed E-state index contributed by atoms with van der Waals surface area (Å²) in [4.78, 5) is 23.0. The standard InChI is InChI=1S/C9H15F3N2O3S/c1-6(7(15)16)5-14(2)8(17)13-3-4-18-9(10,11)12/h6H,3-5H2,1-2H3,(H,13,17)(H,15,16). The lowest BCUT2D eigenvalue weighted by Gasteiger charge is -2.20. The molecule has 0 radical (unpaired) electrons. The zero-order chi connectivity index (χ0) is 14.3. The van der Waals surface area contributed by atoms with E-state index in [4.69, 9.17) is 5.11 Å². The van der Waals surface area contributed by atoms with Gasteiger partial charge in [-0.25, -0.2) is 4.79 Å². The smallest absolute Gasteiger partial charge is 0.441 e. The van der Waals surface area contributed by atoms with Gasteiger partial charge in [0, 0.05) is 25.9 Å². The first-order chi connectivity index (χ1) is 8.13. The van der Waals surface area contributed by atoms with Crippen molar-refractivity contribution < 1.29 is 27.9 Å². The Hall–Kier alpha value is -1.12. The minimum atomic E-state index is -4.31. The quantitative estimate of drug-likeness (QED) is 0.728. The number of carbonyl (C=O) groups is 2. The van der Waals surface area contributed by atoms with Crippen LogP contribution in [0.3, 0.4) is 0 Å². The van der Waals surface area contributed by atoms with Crippen molar-refractivity contribution in [3.8, 4) is 0 Å². The van der Waals surface area contributed by atoms with Crippen LogP contribution in [0.25, 0.3) is 0 Å². The van der Waals surface area contributed by atoms with Gasteiger partial charge in [0.25, 0.3) is 0 Å². The number of carbonyl (C=O) groups excluding carboxylic acids is 1. The Morgan fingerprint density at radius 1 is 1.44 bits per heavy atom. The number of hydrogen-bond acceptors (Lipinski definition) is 3. The lowest BCUT2D eigenvalue weighted by atomic mass is 10.2. The number of alkyl halides is 3. The second kappa shape index (κ2) is 7.34. The third-order valence-corrected chi connectivity index (χ3v) is 2.70. The number of hydrogen-bond donors (Lipinski definition) is 2. The molecular weight excluding hydrogens is 273 g/mol. The van der Waals surface area contributed by atoms with Crippen LogP contribution in [-0.2, 0) is 4.79 Å². The van der Waals surface area contributed by atoms with Gasteiger partial charge in [0.2, 0.25) is 0 Å². The molecule has 0 saturated heterocycles. The van der Waals surface area contributed by atoms with Crippen LogP contribution in [0.15, 0.2) is 0 Å². The van der Waals surface area contributed by atoms with Crippen molar-refractivity contribution in [1.29, 1.82) is 0 Å². The van der Waals surface area contributed by atoms with Gasteiger partial charge < -0.3 is 15.3 Å². The van der Waals surface area contributed by atoms with Crippen LogP contribution in [0, 0.1) is 5.92 Å². The highest BCUT2D eigenvalue weighted by Gasteiger charge is 2.27. The SMILES string of the molecule is CC(CN(C)C(=O)NCCSC(F)(F)F)C(=O)O. The first-order valence-electron chi connectivity index (χ1n) is 5.06. The molecule has 0 aromatic carbocycles. The van der Waals surface area contributed by atoms with E-state index in [1.165, 1.54) is 14.0 Å². The van der Waals surface area contributed by atoms with Crippen molar-refractivity contribution >= 4 is 23.8 Å². The molecular formula is C9H15F3N2O3S. The summed E-state index contributed by atoms with van der Waals surface area (Å²) < 4.78 is 35.3. The summed E-state index contributed by atoms with van der Waals surface area (Å²) >= 11 is -0.221. The predicted molar refractivity (Wildman–Crippen MR) is 61.3 cm³/mol. The van der Waals surface area contributed by atoms with E-state index in [9.17, 15) is 22.8 Å². The van der Waals surface area contributed by atoms with Crippen LogP contribution in [0.4, 0.5) is 18.0 Å². The normalized spacial score (nSPS) is 12.9. The zero-order valence-electron chi connectivity index (χ0n) is 9.95. The number of halogens is 3. The number of amides is 2. The summed E-state index contributed by atoms with van der Waals surface area (Å²) in [6, 6.07) is -0.592. The Balaban J connectivity index is 3.85. The second-order valence-corrected chi connectivity index (χ2v) is 4.81. The molecule has 1 unspecified atom stereocenters. The van der Waals surface area contributed by atoms with Crippen LogP contribution in [0.2, 0.25) is 0 Å². The Bertz CT molecular complexity index is 299. The molecule has 18 heavy (non-hydrogen) atoms. The van der Waals surface area contributed by atoms with E-state index in [2.05, 4.69) is 5.32 Å². The molecule has 0 aromatic rings. The molecule has 0 fully saturated rings. The van der Waals surface area contributed by atoms with E-state index in [1.807, 2.05) is 0 Å². The van der Waals surface area contributed by atoms with Crippen LogP contribution in [-0.4, -0.2) is 53.4 Å². The van der Waals surface area contributed by atoms with Crippen LogP contribution >= 0.6 is 11.8 Å². The third kappa shape index (κ3) is 8.04. The minimum absolute atomic E-state index is 0.00637. The molecule has 1 atom stereocenters. The van der Waals surface area contributed by atoms with Gasteiger partial charge >= 0.3 is 17.5 Å². The number of carboxylic acids is 1. The van der Waals surface area contributed by atoms with Gasteiger partial charge in [0.05, 0.1) is 5.92 Å². The van der Waals surface area contributed by atoms with Crippen molar-refractivity contribution in [2.75, 3.05) is 25.9 Å². The summed E-state index contributed by atoms with van der Waals surface area (Å²) in [6.07, 6.45) is 0. The molecule has 2 N–H and O–H groups in total. The predicted octanol–water partition coefficient (Wildman–Crippen LogP) is 1.60. The fourth-order valence-electron chi connectivity index (χ4n) is 1.03. The molecule has 2 amide bonds. The molecule has 0 spiro atoms. The molecule has 0 heterocycles. The van der Waals surface area contributed by atoms with Gasteiger partial charge in [0.15, 0.2) is 0 Å². The maximum atomic E-state index is 11.8. The number of nitrogens with zero attached hydrogens (tertiary/aromatic N) is 1. The molecule has 5 nitrogen and oxygen atoms in total. The first-order valence-corrected chi connectivity index (χ1v) is 6.04. The number of thioether (sulfide) groups is 1. The fourth-order valence-corrected chi connectivity index (χ4v) is 1.47. The molecule has 0 bridgehead atoms. The van der Waals surface area contributed by atoms with Crippen molar-refractivity contribution in [3.63, 3.8) is 0 Å². The molecule has 0 aromatic heterocycles. The summed E-state index contributed by atoms with van der Waals surface area (Å²) in [5.41, 5.74) is -4.31. The number of urea groups is 1. The van der Waals surface area contributed by atoms with Crippen LogP contribution < -0.4 is 5.32 Å². The zero-order valence-corrected chi connectivity index (χ0v) is 10.8. The number of rotatable bonds is 6. The fraction of sp³-hybridized carbons (Fsp3) is 0.778. The average Bonchev–Trinajstić information content (AvgIpc) is 2.22. The Morgan fingerprint density at radius 2 is 2.00 bits per heavy atom. The highest BCUT2D eigenvalue weighted by atomic mass is 32.2. The largest absolute Gasteiger partial charge is 0.481 e. The van der Waals surface area contributed by atoms with E-state index < -0.39 is 23.4 Å². The summed E-state index contributed by atoms with van der Waals surface area (Å²) in [5.74, 6) is -2.05. The second-order valence-electron chi connectivity index (χ2n) is 3.65. The molecule has 106 valence electrons. The van der Waals surface area contributed by atoms with Crippen molar-refractivity contribution in [2.45, 2.75) is 12.4 Å². The molecule has 0 rings (SSSR count). The van der Waals surface area contributed by atoms with Gasteiger partial charge in [-0.05, 0) is 11.8 Å². The highest BCUT2D eigenvalue weighted by Crippen LogP contribution is 2.29. The van der Waals surface area contributed by atoms with E-state index >= 15 is 0 Å². The van der Waals surface area contributed by atoms with E-state index in [-0.39, 0.29) is 30.6 Å². The number of aliphatic carboxylic acids is 1. The van der Waals surface area contributed by atoms with Crippen LogP contribution in [0.5, 0.6) is 0 Å². The van der Waals surface area contributed by atoms with Crippen LogP contribution in [0.1, 0.15) is 6.92 Å². The van der Waals surface area contributed by atoms with Crippen molar-refractivity contribution in [3.05, 3.63) is 0 Å². The van der Waals surface area contributed by atoms with Gasteiger partial charge in [-0.15, -0.1) is 0 Å². The Kier molecular flexibility index (Phi) is 6.89. The van der Waals surface area contributed by atoms with Gasteiger partial charge in [-0.2, -0.15) is 13.2 Å². The van der Waals surface area contributed by atoms with E-state index in [0.29, 0.717) is 0 Å². The molecule has 9 heteroatoms.